The summed E-state index contributed by atoms with van der Waals surface area (Å²) in [6.45, 7) is 0.442. The quantitative estimate of drug-likeness (QED) is 0.492. The number of hydrogen-bond donors (Lipinski definition) is 2. The molecule has 1 saturated heterocycles. The first-order valence-electron chi connectivity index (χ1n) is 2.78. The van der Waals surface area contributed by atoms with Gasteiger partial charge in [0, 0.05) is 0 Å². The molecule has 0 aromatic heterocycles. The van der Waals surface area contributed by atoms with Crippen molar-refractivity contribution in [2.45, 2.75) is 12.5 Å². The van der Waals surface area contributed by atoms with Gasteiger partial charge in [-0.2, -0.15) is 0 Å². The van der Waals surface area contributed by atoms with Crippen LogP contribution in [0.15, 0.2) is 0 Å². The molecule has 1 rings (SSSR count). The Morgan fingerprint density at radius 3 is 2.40 bits per heavy atom. The third-order valence-electron chi connectivity index (χ3n) is 1.38. The molecule has 5 heteroatoms. The van der Waals surface area contributed by atoms with Gasteiger partial charge in [-0.05, 0) is 6.92 Å². The van der Waals surface area contributed by atoms with Gasteiger partial charge in [0.15, 0.2) is 0 Å². The first-order chi connectivity index (χ1) is 4.58. The molecular formula is C5H7FN2O2. The number of rotatable bonds is 1. The Morgan fingerprint density at radius 2 is 2.20 bits per heavy atom. The zero-order chi connectivity index (χ0) is 7.78. The molecule has 3 amide bonds. The molecule has 0 spiro atoms. The van der Waals surface area contributed by atoms with Crippen molar-refractivity contribution in [2.24, 2.45) is 0 Å². The van der Waals surface area contributed by atoms with Crippen molar-refractivity contribution in [3.05, 3.63) is 0 Å². The summed E-state index contributed by atoms with van der Waals surface area (Å²) in [6, 6.07) is -0.634. The number of carbonyl (C=O) groups is 2. The molecule has 4 nitrogen and oxygen atoms in total. The fraction of sp³-hybridized carbons (Fsp3) is 0.600. The molecule has 1 aliphatic heterocycles. The van der Waals surface area contributed by atoms with Gasteiger partial charge in [0.25, 0.3) is 5.91 Å². The SMILES string of the molecule is C[C@@]1(CF)NC(=O)NC1=O. The smallest absolute Gasteiger partial charge is 0.321 e. The minimum atomic E-state index is -1.35. The van der Waals surface area contributed by atoms with Crippen molar-refractivity contribution in [2.75, 3.05) is 6.67 Å². The second-order valence-electron chi connectivity index (χ2n) is 2.37. The van der Waals surface area contributed by atoms with Gasteiger partial charge in [-0.25, -0.2) is 9.18 Å². The lowest BCUT2D eigenvalue weighted by atomic mass is 10.1. The minimum absolute atomic E-state index is 0.611. The van der Waals surface area contributed by atoms with Crippen LogP contribution in [0, 0.1) is 0 Å². The normalized spacial score (nSPS) is 31.8. The van der Waals surface area contributed by atoms with Gasteiger partial charge in [0.1, 0.15) is 12.2 Å². The van der Waals surface area contributed by atoms with Crippen LogP contribution in [-0.2, 0) is 4.79 Å². The Hall–Kier alpha value is -1.13. The lowest BCUT2D eigenvalue weighted by Crippen LogP contribution is -2.45. The second-order valence-corrected chi connectivity index (χ2v) is 2.37. The number of hydrogen-bond acceptors (Lipinski definition) is 2. The van der Waals surface area contributed by atoms with Crippen molar-refractivity contribution in [3.8, 4) is 0 Å². The highest BCUT2D eigenvalue weighted by atomic mass is 19.1. The lowest BCUT2D eigenvalue weighted by molar-refractivity contribution is -0.123. The fourth-order valence-corrected chi connectivity index (χ4v) is 0.674. The number of halogens is 1. The number of amides is 3. The van der Waals surface area contributed by atoms with E-state index in [1.807, 2.05) is 5.32 Å². The van der Waals surface area contributed by atoms with Crippen molar-refractivity contribution in [1.29, 1.82) is 0 Å². The van der Waals surface area contributed by atoms with Crippen LogP contribution >= 0.6 is 0 Å². The standard InChI is InChI=1S/C5H7FN2O2/c1-5(2-6)3(9)7-4(10)8-5/h2H2,1H3,(H2,7,8,9,10)/t5-/m0/s1. The van der Waals surface area contributed by atoms with Gasteiger partial charge in [0.2, 0.25) is 0 Å². The number of alkyl halides is 1. The van der Waals surface area contributed by atoms with Gasteiger partial charge in [-0.1, -0.05) is 0 Å². The topological polar surface area (TPSA) is 58.2 Å². The predicted molar refractivity (Wildman–Crippen MR) is 31.1 cm³/mol. The van der Waals surface area contributed by atoms with Crippen LogP contribution in [-0.4, -0.2) is 24.2 Å². The average molecular weight is 146 g/mol. The monoisotopic (exact) mass is 146 g/mol. The van der Waals surface area contributed by atoms with Crippen LogP contribution in [0.2, 0.25) is 0 Å². The zero-order valence-corrected chi connectivity index (χ0v) is 5.40. The van der Waals surface area contributed by atoms with Gasteiger partial charge in [-0.3, -0.25) is 10.1 Å². The number of carbonyl (C=O) groups excluding carboxylic acids is 2. The fourth-order valence-electron chi connectivity index (χ4n) is 0.674. The van der Waals surface area contributed by atoms with E-state index in [4.69, 9.17) is 0 Å². The van der Waals surface area contributed by atoms with Gasteiger partial charge < -0.3 is 5.32 Å². The highest BCUT2D eigenvalue weighted by molar-refractivity contribution is 6.06. The summed E-state index contributed by atoms with van der Waals surface area (Å²) < 4.78 is 12.0. The molecule has 0 aromatic carbocycles. The van der Waals surface area contributed by atoms with Crippen molar-refractivity contribution in [1.82, 2.24) is 10.6 Å². The maximum absolute atomic E-state index is 12.0. The Labute approximate surface area is 56.8 Å². The Kier molecular flexibility index (Phi) is 1.35. The Bertz CT molecular complexity index is 194. The van der Waals surface area contributed by atoms with E-state index < -0.39 is 24.2 Å². The van der Waals surface area contributed by atoms with E-state index in [1.165, 1.54) is 6.92 Å². The highest BCUT2D eigenvalue weighted by Crippen LogP contribution is 2.08. The van der Waals surface area contributed by atoms with Crippen LogP contribution < -0.4 is 10.6 Å². The molecule has 0 aromatic rings. The molecule has 1 fully saturated rings. The molecule has 0 radical (unpaired) electrons. The summed E-state index contributed by atoms with van der Waals surface area (Å²) in [5.74, 6) is -0.611. The van der Waals surface area contributed by atoms with Crippen LogP contribution in [0.25, 0.3) is 0 Å². The Morgan fingerprint density at radius 1 is 1.60 bits per heavy atom. The van der Waals surface area contributed by atoms with Crippen LogP contribution in [0.3, 0.4) is 0 Å². The first-order valence-corrected chi connectivity index (χ1v) is 2.78. The van der Waals surface area contributed by atoms with E-state index in [0.717, 1.165) is 0 Å². The maximum Gasteiger partial charge on any atom is 0.322 e. The molecule has 1 aliphatic rings. The predicted octanol–water partition coefficient (Wildman–Crippen LogP) is -0.446. The maximum atomic E-state index is 12.0. The van der Waals surface area contributed by atoms with E-state index in [2.05, 4.69) is 5.32 Å². The molecular weight excluding hydrogens is 139 g/mol. The van der Waals surface area contributed by atoms with Crippen molar-refractivity contribution in [3.63, 3.8) is 0 Å². The third kappa shape index (κ3) is 0.832. The molecule has 1 atom stereocenters. The van der Waals surface area contributed by atoms with Gasteiger partial charge >= 0.3 is 6.03 Å². The Balaban J connectivity index is 2.80. The van der Waals surface area contributed by atoms with Crippen molar-refractivity contribution < 1.29 is 14.0 Å². The lowest BCUT2D eigenvalue weighted by Gasteiger charge is -2.14. The summed E-state index contributed by atoms with van der Waals surface area (Å²) in [4.78, 5) is 21.1. The minimum Gasteiger partial charge on any atom is -0.321 e. The highest BCUT2D eigenvalue weighted by Gasteiger charge is 2.41. The third-order valence-corrected chi connectivity index (χ3v) is 1.38. The van der Waals surface area contributed by atoms with Gasteiger partial charge in [0.05, 0.1) is 0 Å². The van der Waals surface area contributed by atoms with Crippen LogP contribution in [0.4, 0.5) is 9.18 Å². The summed E-state index contributed by atoms with van der Waals surface area (Å²) in [7, 11) is 0. The van der Waals surface area contributed by atoms with Crippen molar-refractivity contribution >= 4 is 11.9 Å². The molecule has 2 N–H and O–H groups in total. The molecule has 0 unspecified atom stereocenters. The number of imide groups is 1. The molecule has 56 valence electrons. The van der Waals surface area contributed by atoms with E-state index in [9.17, 15) is 14.0 Å². The van der Waals surface area contributed by atoms with E-state index in [0.29, 0.717) is 0 Å². The summed E-state index contributed by atoms with van der Waals surface area (Å²) in [6.07, 6.45) is 0. The molecule has 10 heavy (non-hydrogen) atoms. The van der Waals surface area contributed by atoms with E-state index in [1.54, 1.807) is 0 Å². The number of nitrogens with one attached hydrogen (secondary N) is 2. The largest absolute Gasteiger partial charge is 0.322 e. The second kappa shape index (κ2) is 1.93. The zero-order valence-electron chi connectivity index (χ0n) is 5.40. The summed E-state index contributed by atoms with van der Waals surface area (Å²) >= 11 is 0. The van der Waals surface area contributed by atoms with Crippen LogP contribution in [0.1, 0.15) is 6.92 Å². The van der Waals surface area contributed by atoms with E-state index in [-0.39, 0.29) is 0 Å². The average Bonchev–Trinajstić information content (AvgIpc) is 2.09. The first kappa shape index (κ1) is 6.98. The van der Waals surface area contributed by atoms with Crippen LogP contribution in [0.5, 0.6) is 0 Å². The molecule has 0 bridgehead atoms. The number of urea groups is 1. The molecule has 0 aliphatic carbocycles. The molecule has 1 heterocycles. The van der Waals surface area contributed by atoms with Gasteiger partial charge in [-0.15, -0.1) is 0 Å². The molecule has 0 saturated carbocycles. The summed E-state index contributed by atoms with van der Waals surface area (Å²) in [5.41, 5.74) is -1.35. The summed E-state index contributed by atoms with van der Waals surface area (Å²) in [5, 5.41) is 4.08. The van der Waals surface area contributed by atoms with E-state index >= 15 is 0 Å².